The van der Waals surface area contributed by atoms with Gasteiger partial charge in [0.05, 0.1) is 35.7 Å². The zero-order valence-electron chi connectivity index (χ0n) is 20.4. The van der Waals surface area contributed by atoms with Crippen LogP contribution in [-0.2, 0) is 4.79 Å². The number of pyridine rings is 1. The van der Waals surface area contributed by atoms with Gasteiger partial charge in [0.1, 0.15) is 5.75 Å². The minimum absolute atomic E-state index is 0.262. The first kappa shape index (κ1) is 24.3. The van der Waals surface area contributed by atoms with Crippen LogP contribution >= 0.6 is 0 Å². The number of nitrogens with one attached hydrogen (secondary N) is 2. The third kappa shape index (κ3) is 4.68. The molecule has 0 spiro atoms. The van der Waals surface area contributed by atoms with E-state index in [9.17, 15) is 14.4 Å². The minimum Gasteiger partial charge on any atom is -0.497 e. The van der Waals surface area contributed by atoms with Crippen molar-refractivity contribution in [3.05, 3.63) is 120 Å². The van der Waals surface area contributed by atoms with Gasteiger partial charge in [-0.05, 0) is 78.9 Å². The molecule has 5 aromatic rings. The van der Waals surface area contributed by atoms with Crippen LogP contribution in [0.1, 0.15) is 10.4 Å². The van der Waals surface area contributed by atoms with E-state index < -0.39 is 0 Å². The molecule has 0 saturated carbocycles. The highest BCUT2D eigenvalue weighted by Crippen LogP contribution is 2.23. The zero-order chi connectivity index (χ0) is 26.6. The molecule has 9 heteroatoms. The van der Waals surface area contributed by atoms with Crippen molar-refractivity contribution in [2.45, 2.75) is 0 Å². The number of nitrogens with zero attached hydrogens (tertiary/aromatic N) is 3. The van der Waals surface area contributed by atoms with Gasteiger partial charge in [0.25, 0.3) is 5.91 Å². The van der Waals surface area contributed by atoms with Gasteiger partial charge in [-0.3, -0.25) is 23.7 Å². The maximum absolute atomic E-state index is 13.7. The number of ether oxygens (including phenoxy) is 1. The molecule has 2 heterocycles. The quantitative estimate of drug-likeness (QED) is 0.315. The predicted molar refractivity (Wildman–Crippen MR) is 146 cm³/mol. The molecule has 3 aromatic carbocycles. The molecule has 0 atom stereocenters. The van der Waals surface area contributed by atoms with E-state index in [0.29, 0.717) is 45.1 Å². The molecule has 0 aliphatic carbocycles. The van der Waals surface area contributed by atoms with Crippen molar-refractivity contribution in [3.8, 4) is 17.1 Å². The number of carbonyl (C=O) groups is 2. The summed E-state index contributed by atoms with van der Waals surface area (Å²) in [5, 5.41) is 5.57. The largest absolute Gasteiger partial charge is 0.497 e. The summed E-state index contributed by atoms with van der Waals surface area (Å²) < 4.78 is 8.24. The van der Waals surface area contributed by atoms with Crippen LogP contribution in [0.3, 0.4) is 0 Å². The number of amides is 2. The number of methoxy groups -OCH3 is 1. The molecule has 2 amide bonds. The Morgan fingerprint density at radius 2 is 1.61 bits per heavy atom. The maximum atomic E-state index is 13.7. The number of hydrogen-bond donors (Lipinski definition) is 2. The first-order valence-corrected chi connectivity index (χ1v) is 11.7. The number of anilines is 2. The van der Waals surface area contributed by atoms with Crippen LogP contribution in [0, 0.1) is 0 Å². The van der Waals surface area contributed by atoms with Gasteiger partial charge in [0.15, 0.2) is 0 Å². The molecular weight excluding hydrogens is 482 g/mol. The molecule has 9 nitrogen and oxygen atoms in total. The second-order valence-electron chi connectivity index (χ2n) is 8.29. The number of fused-ring (bicyclic) bond motifs is 1. The fourth-order valence-electron chi connectivity index (χ4n) is 4.10. The Morgan fingerprint density at radius 1 is 0.868 bits per heavy atom. The van der Waals surface area contributed by atoms with E-state index in [1.807, 2.05) is 0 Å². The fraction of sp³-hybridized carbons (Fsp3) is 0.0345. The topological polar surface area (TPSA) is 107 Å². The van der Waals surface area contributed by atoms with Crippen LogP contribution in [0.2, 0.25) is 0 Å². The Hall–Kier alpha value is -5.44. The molecule has 38 heavy (non-hydrogen) atoms. The molecule has 188 valence electrons. The molecule has 5 rings (SSSR count). The number of imidazole rings is 1. The van der Waals surface area contributed by atoms with E-state index in [4.69, 9.17) is 4.74 Å². The summed E-state index contributed by atoms with van der Waals surface area (Å²) in [6.45, 7) is 3.47. The van der Waals surface area contributed by atoms with Crippen molar-refractivity contribution >= 4 is 34.2 Å². The van der Waals surface area contributed by atoms with Gasteiger partial charge in [-0.15, -0.1) is 0 Å². The Morgan fingerprint density at radius 3 is 2.32 bits per heavy atom. The van der Waals surface area contributed by atoms with Gasteiger partial charge in [0, 0.05) is 23.1 Å². The van der Waals surface area contributed by atoms with Crippen molar-refractivity contribution in [2.75, 3.05) is 17.7 Å². The number of aromatic nitrogens is 3. The molecule has 2 N–H and O–H groups in total. The van der Waals surface area contributed by atoms with Gasteiger partial charge in [-0.1, -0.05) is 12.6 Å². The van der Waals surface area contributed by atoms with Crippen LogP contribution < -0.4 is 21.1 Å². The number of carbonyl (C=O) groups excluding carboxylic acids is 2. The van der Waals surface area contributed by atoms with Crippen LogP contribution in [0.15, 0.2) is 109 Å². The summed E-state index contributed by atoms with van der Waals surface area (Å²) in [6, 6.07) is 22.5. The lowest BCUT2D eigenvalue weighted by atomic mass is 10.2. The van der Waals surface area contributed by atoms with Crippen molar-refractivity contribution < 1.29 is 14.3 Å². The third-order valence-corrected chi connectivity index (χ3v) is 5.93. The summed E-state index contributed by atoms with van der Waals surface area (Å²) in [6.07, 6.45) is 4.42. The smallest absolute Gasteiger partial charge is 0.338 e. The van der Waals surface area contributed by atoms with Crippen molar-refractivity contribution in [2.24, 2.45) is 0 Å². The van der Waals surface area contributed by atoms with E-state index in [2.05, 4.69) is 22.2 Å². The van der Waals surface area contributed by atoms with Crippen LogP contribution in [0.5, 0.6) is 5.75 Å². The molecule has 0 aliphatic rings. The number of benzene rings is 3. The minimum atomic E-state index is -0.347. The third-order valence-electron chi connectivity index (χ3n) is 5.93. The second-order valence-corrected chi connectivity index (χ2v) is 8.29. The average molecular weight is 506 g/mol. The van der Waals surface area contributed by atoms with E-state index in [0.717, 1.165) is 0 Å². The second kappa shape index (κ2) is 10.3. The summed E-state index contributed by atoms with van der Waals surface area (Å²) in [5.41, 5.74) is 3.73. The summed E-state index contributed by atoms with van der Waals surface area (Å²) in [5.74, 6) is 0.0559. The predicted octanol–water partition coefficient (Wildman–Crippen LogP) is 4.56. The molecule has 2 aromatic heterocycles. The Bertz CT molecular complexity index is 1720. The Balaban J connectivity index is 1.48. The standard InChI is InChI=1S/C29H23N5O4/c1-3-27(35)31-21-5-4-6-23(17-21)34-25-15-16-30-18-26(25)33(29(34)37)22-11-9-20(10-12-22)32-28(36)19-7-13-24(38-2)14-8-19/h3-18H,1H2,2H3,(H,31,35)(H,32,36). The monoisotopic (exact) mass is 505 g/mol. The lowest BCUT2D eigenvalue weighted by Gasteiger charge is -2.08. The van der Waals surface area contributed by atoms with Crippen molar-refractivity contribution in [1.82, 2.24) is 14.1 Å². The highest BCUT2D eigenvalue weighted by molar-refractivity contribution is 6.04. The first-order valence-electron chi connectivity index (χ1n) is 11.7. The summed E-state index contributed by atoms with van der Waals surface area (Å²) in [4.78, 5) is 42.3. The van der Waals surface area contributed by atoms with Crippen LogP contribution in [-0.4, -0.2) is 33.0 Å². The highest BCUT2D eigenvalue weighted by Gasteiger charge is 2.17. The number of rotatable bonds is 7. The van der Waals surface area contributed by atoms with Crippen LogP contribution in [0.4, 0.5) is 11.4 Å². The summed E-state index contributed by atoms with van der Waals surface area (Å²) >= 11 is 0. The van der Waals surface area contributed by atoms with E-state index in [-0.39, 0.29) is 17.5 Å². The molecule has 0 saturated heterocycles. The molecular formula is C29H23N5O4. The Labute approximate surface area is 217 Å². The van der Waals surface area contributed by atoms with Gasteiger partial charge < -0.3 is 15.4 Å². The number of hydrogen-bond acceptors (Lipinski definition) is 5. The van der Waals surface area contributed by atoms with E-state index in [1.54, 1.807) is 108 Å². The van der Waals surface area contributed by atoms with E-state index in [1.165, 1.54) is 6.08 Å². The summed E-state index contributed by atoms with van der Waals surface area (Å²) in [7, 11) is 1.57. The SMILES string of the molecule is C=CC(=O)Nc1cccc(-n2c(=O)n(-c3ccc(NC(=O)c4ccc(OC)cc4)cc3)c3cnccc32)c1. The van der Waals surface area contributed by atoms with E-state index >= 15 is 0 Å². The maximum Gasteiger partial charge on any atom is 0.338 e. The molecule has 0 radical (unpaired) electrons. The van der Waals surface area contributed by atoms with Gasteiger partial charge >= 0.3 is 5.69 Å². The molecule has 0 unspecified atom stereocenters. The average Bonchev–Trinajstić information content (AvgIpc) is 3.25. The normalized spacial score (nSPS) is 10.7. The van der Waals surface area contributed by atoms with Crippen molar-refractivity contribution in [3.63, 3.8) is 0 Å². The lowest BCUT2D eigenvalue weighted by Crippen LogP contribution is -2.22. The molecule has 0 aliphatic heterocycles. The first-order chi connectivity index (χ1) is 18.5. The lowest BCUT2D eigenvalue weighted by molar-refractivity contribution is -0.111. The van der Waals surface area contributed by atoms with Gasteiger partial charge in [0.2, 0.25) is 5.91 Å². The fourth-order valence-corrected chi connectivity index (χ4v) is 4.10. The molecule has 0 bridgehead atoms. The Kier molecular flexibility index (Phi) is 6.56. The zero-order valence-corrected chi connectivity index (χ0v) is 20.4. The van der Waals surface area contributed by atoms with Gasteiger partial charge in [-0.25, -0.2) is 4.79 Å². The van der Waals surface area contributed by atoms with Crippen molar-refractivity contribution in [1.29, 1.82) is 0 Å². The molecule has 0 fully saturated rings. The highest BCUT2D eigenvalue weighted by atomic mass is 16.5. The van der Waals surface area contributed by atoms with Crippen LogP contribution in [0.25, 0.3) is 22.4 Å². The van der Waals surface area contributed by atoms with Gasteiger partial charge in [-0.2, -0.15) is 0 Å².